The summed E-state index contributed by atoms with van der Waals surface area (Å²) in [6.45, 7) is 1.84. The highest BCUT2D eigenvalue weighted by atomic mass is 16.1. The van der Waals surface area contributed by atoms with Crippen molar-refractivity contribution >= 4 is 17.3 Å². The van der Waals surface area contributed by atoms with E-state index in [-0.39, 0.29) is 5.91 Å². The van der Waals surface area contributed by atoms with Crippen LogP contribution in [0.5, 0.6) is 0 Å². The van der Waals surface area contributed by atoms with E-state index in [2.05, 4.69) is 34.6 Å². The summed E-state index contributed by atoms with van der Waals surface area (Å²) in [5, 5.41) is 6.22. The highest BCUT2D eigenvalue weighted by molar-refractivity contribution is 6.07. The first-order valence-corrected chi connectivity index (χ1v) is 7.36. The van der Waals surface area contributed by atoms with E-state index in [9.17, 15) is 4.79 Å². The minimum atomic E-state index is -0.123. The lowest BCUT2D eigenvalue weighted by Crippen LogP contribution is -2.18. The molecule has 1 aromatic heterocycles. The summed E-state index contributed by atoms with van der Waals surface area (Å²) in [6.07, 6.45) is 4.33. The van der Waals surface area contributed by atoms with E-state index in [1.807, 2.05) is 24.3 Å². The third kappa shape index (κ3) is 4.86. The Labute approximate surface area is 131 Å². The molecular weight excluding hydrogens is 276 g/mol. The Bertz CT molecular complexity index is 599. The number of carbonyl (C=O) groups is 1. The summed E-state index contributed by atoms with van der Waals surface area (Å²) in [5.74, 6) is -0.123. The molecule has 1 amide bonds. The van der Waals surface area contributed by atoms with E-state index in [0.29, 0.717) is 5.56 Å². The molecule has 1 aromatic carbocycles. The van der Waals surface area contributed by atoms with Crippen molar-refractivity contribution in [2.75, 3.05) is 37.8 Å². The molecular formula is C17H22N4O. The van der Waals surface area contributed by atoms with Crippen molar-refractivity contribution in [1.29, 1.82) is 0 Å². The minimum absolute atomic E-state index is 0.123. The monoisotopic (exact) mass is 298 g/mol. The molecule has 0 saturated carbocycles. The molecule has 0 radical (unpaired) electrons. The fourth-order valence-corrected chi connectivity index (χ4v) is 2.09. The molecule has 116 valence electrons. The molecule has 0 spiro atoms. The van der Waals surface area contributed by atoms with E-state index in [0.717, 1.165) is 30.9 Å². The van der Waals surface area contributed by atoms with Crippen LogP contribution < -0.4 is 10.6 Å². The zero-order valence-electron chi connectivity index (χ0n) is 13.0. The number of nitrogens with one attached hydrogen (secondary N) is 2. The number of carbonyl (C=O) groups excluding carboxylic acids is 1. The standard InChI is InChI=1S/C17H22N4O/c1-21(2)13-5-10-19-16-7-4-3-6-15(16)17(22)20-14-8-11-18-12-9-14/h3-4,6-9,11-12,19H,5,10,13H2,1-2H3,(H,18,20,22). The third-order valence-electron chi connectivity index (χ3n) is 3.21. The van der Waals surface area contributed by atoms with Crippen LogP contribution in [0.1, 0.15) is 16.8 Å². The van der Waals surface area contributed by atoms with Gasteiger partial charge in [-0.3, -0.25) is 9.78 Å². The molecule has 2 rings (SSSR count). The Balaban J connectivity index is 1.99. The fourth-order valence-electron chi connectivity index (χ4n) is 2.09. The van der Waals surface area contributed by atoms with Crippen LogP contribution in [0.2, 0.25) is 0 Å². The lowest BCUT2D eigenvalue weighted by molar-refractivity contribution is 0.102. The normalized spacial score (nSPS) is 10.5. The second-order valence-corrected chi connectivity index (χ2v) is 5.32. The van der Waals surface area contributed by atoms with Gasteiger partial charge in [0.15, 0.2) is 0 Å². The number of benzene rings is 1. The van der Waals surface area contributed by atoms with Crippen LogP contribution in [0.25, 0.3) is 0 Å². The molecule has 0 atom stereocenters. The van der Waals surface area contributed by atoms with Crippen LogP contribution >= 0.6 is 0 Å². The Hall–Kier alpha value is -2.40. The molecule has 5 heteroatoms. The van der Waals surface area contributed by atoms with Crippen LogP contribution in [0, 0.1) is 0 Å². The molecule has 0 fully saturated rings. The topological polar surface area (TPSA) is 57.3 Å². The maximum absolute atomic E-state index is 12.4. The number of hydrogen-bond donors (Lipinski definition) is 2. The average molecular weight is 298 g/mol. The zero-order chi connectivity index (χ0) is 15.8. The van der Waals surface area contributed by atoms with Gasteiger partial charge in [-0.15, -0.1) is 0 Å². The van der Waals surface area contributed by atoms with Gasteiger partial charge < -0.3 is 15.5 Å². The predicted molar refractivity (Wildman–Crippen MR) is 90.3 cm³/mol. The van der Waals surface area contributed by atoms with Crippen molar-refractivity contribution in [2.24, 2.45) is 0 Å². The van der Waals surface area contributed by atoms with Crippen molar-refractivity contribution in [1.82, 2.24) is 9.88 Å². The number of rotatable bonds is 7. The number of anilines is 2. The summed E-state index contributed by atoms with van der Waals surface area (Å²) in [5.41, 5.74) is 2.24. The van der Waals surface area contributed by atoms with Crippen LogP contribution in [0.15, 0.2) is 48.8 Å². The van der Waals surface area contributed by atoms with Gasteiger partial charge >= 0.3 is 0 Å². The number of amides is 1. The van der Waals surface area contributed by atoms with Gasteiger partial charge in [-0.25, -0.2) is 0 Å². The minimum Gasteiger partial charge on any atom is -0.384 e. The quantitative estimate of drug-likeness (QED) is 0.772. The SMILES string of the molecule is CN(C)CCCNc1ccccc1C(=O)Nc1ccncc1. The van der Waals surface area contributed by atoms with E-state index < -0.39 is 0 Å². The summed E-state index contributed by atoms with van der Waals surface area (Å²) in [4.78, 5) is 18.5. The number of pyridine rings is 1. The van der Waals surface area contributed by atoms with E-state index in [4.69, 9.17) is 0 Å². The second-order valence-electron chi connectivity index (χ2n) is 5.32. The lowest BCUT2D eigenvalue weighted by atomic mass is 10.1. The molecule has 0 unspecified atom stereocenters. The number of hydrogen-bond acceptors (Lipinski definition) is 4. The first-order chi connectivity index (χ1) is 10.7. The number of nitrogens with zero attached hydrogens (tertiary/aromatic N) is 2. The summed E-state index contributed by atoms with van der Waals surface area (Å²) in [6, 6.07) is 11.1. The molecule has 5 nitrogen and oxygen atoms in total. The Morgan fingerprint density at radius 1 is 1.14 bits per heavy atom. The van der Waals surface area contributed by atoms with Gasteiger partial charge in [0.25, 0.3) is 5.91 Å². The van der Waals surface area contributed by atoms with Crippen molar-refractivity contribution < 1.29 is 4.79 Å². The first kappa shape index (κ1) is 16.0. The molecule has 0 saturated heterocycles. The molecule has 22 heavy (non-hydrogen) atoms. The largest absolute Gasteiger partial charge is 0.384 e. The van der Waals surface area contributed by atoms with Crippen LogP contribution in [-0.4, -0.2) is 43.0 Å². The molecule has 2 aromatic rings. The van der Waals surface area contributed by atoms with Gasteiger partial charge in [0.05, 0.1) is 5.56 Å². The summed E-state index contributed by atoms with van der Waals surface area (Å²) in [7, 11) is 4.10. The lowest BCUT2D eigenvalue weighted by Gasteiger charge is -2.13. The van der Waals surface area contributed by atoms with E-state index in [1.54, 1.807) is 24.5 Å². The summed E-state index contributed by atoms with van der Waals surface area (Å²) >= 11 is 0. The molecule has 2 N–H and O–H groups in total. The predicted octanol–water partition coefficient (Wildman–Crippen LogP) is 2.70. The molecule has 0 aliphatic carbocycles. The Morgan fingerprint density at radius 2 is 1.86 bits per heavy atom. The summed E-state index contributed by atoms with van der Waals surface area (Å²) < 4.78 is 0. The number of aromatic nitrogens is 1. The van der Waals surface area contributed by atoms with Crippen molar-refractivity contribution in [3.8, 4) is 0 Å². The van der Waals surface area contributed by atoms with Gasteiger partial charge in [-0.2, -0.15) is 0 Å². The van der Waals surface area contributed by atoms with Crippen molar-refractivity contribution in [3.63, 3.8) is 0 Å². The van der Waals surface area contributed by atoms with Crippen molar-refractivity contribution in [3.05, 3.63) is 54.4 Å². The third-order valence-corrected chi connectivity index (χ3v) is 3.21. The smallest absolute Gasteiger partial charge is 0.257 e. The maximum Gasteiger partial charge on any atom is 0.257 e. The molecule has 0 aliphatic heterocycles. The highest BCUT2D eigenvalue weighted by Gasteiger charge is 2.10. The van der Waals surface area contributed by atoms with Gasteiger partial charge in [0, 0.05) is 30.3 Å². The van der Waals surface area contributed by atoms with Gasteiger partial charge in [0.2, 0.25) is 0 Å². The first-order valence-electron chi connectivity index (χ1n) is 7.36. The Kier molecular flexibility index (Phi) is 5.91. The zero-order valence-corrected chi connectivity index (χ0v) is 13.0. The number of para-hydroxylation sites is 1. The van der Waals surface area contributed by atoms with Crippen LogP contribution in [0.3, 0.4) is 0 Å². The molecule has 0 aliphatic rings. The van der Waals surface area contributed by atoms with E-state index in [1.165, 1.54) is 0 Å². The van der Waals surface area contributed by atoms with Crippen LogP contribution in [-0.2, 0) is 0 Å². The van der Waals surface area contributed by atoms with Crippen molar-refractivity contribution in [2.45, 2.75) is 6.42 Å². The van der Waals surface area contributed by atoms with Gasteiger partial charge in [-0.05, 0) is 51.3 Å². The maximum atomic E-state index is 12.4. The average Bonchev–Trinajstić information content (AvgIpc) is 2.52. The molecule has 1 heterocycles. The van der Waals surface area contributed by atoms with Crippen LogP contribution in [0.4, 0.5) is 11.4 Å². The highest BCUT2D eigenvalue weighted by Crippen LogP contribution is 2.17. The van der Waals surface area contributed by atoms with Gasteiger partial charge in [-0.1, -0.05) is 12.1 Å². The van der Waals surface area contributed by atoms with Gasteiger partial charge in [0.1, 0.15) is 0 Å². The fraction of sp³-hybridized carbons (Fsp3) is 0.294. The van der Waals surface area contributed by atoms with E-state index >= 15 is 0 Å². The molecule has 0 bridgehead atoms. The second kappa shape index (κ2) is 8.14. The Morgan fingerprint density at radius 3 is 2.59 bits per heavy atom.